The van der Waals surface area contributed by atoms with Crippen LogP contribution in [0.4, 0.5) is 17.1 Å². The molecule has 1 heterocycles. The molecule has 98 valence electrons. The number of para-hydroxylation sites is 1. The van der Waals surface area contributed by atoms with Gasteiger partial charge in [0.1, 0.15) is 11.4 Å². The molecule has 1 aromatic carbocycles. The summed E-state index contributed by atoms with van der Waals surface area (Å²) in [6.07, 6.45) is 0.986. The highest BCUT2D eigenvalue weighted by atomic mass is 16.6. The average molecular weight is 251 g/mol. The number of nitrogens with zero attached hydrogens (tertiary/aromatic N) is 2. The Bertz CT molecular complexity index is 450. The van der Waals surface area contributed by atoms with Crippen LogP contribution in [0.15, 0.2) is 18.2 Å². The van der Waals surface area contributed by atoms with E-state index in [0.717, 1.165) is 19.5 Å². The second-order valence-electron chi connectivity index (χ2n) is 4.53. The number of benzene rings is 1. The van der Waals surface area contributed by atoms with Gasteiger partial charge in [-0.05, 0) is 18.6 Å². The van der Waals surface area contributed by atoms with Gasteiger partial charge in [-0.15, -0.1) is 0 Å². The van der Waals surface area contributed by atoms with Crippen LogP contribution in [0.2, 0.25) is 0 Å². The number of rotatable bonds is 4. The summed E-state index contributed by atoms with van der Waals surface area (Å²) in [5.41, 5.74) is 6.53. The van der Waals surface area contributed by atoms with Gasteiger partial charge >= 0.3 is 5.69 Å². The molecular formula is C12H17N3O3. The normalized spacial score (nSPS) is 19.2. The molecule has 0 saturated carbocycles. The van der Waals surface area contributed by atoms with Crippen molar-refractivity contribution in [1.82, 2.24) is 0 Å². The Morgan fingerprint density at radius 3 is 3.06 bits per heavy atom. The Morgan fingerprint density at radius 2 is 2.39 bits per heavy atom. The van der Waals surface area contributed by atoms with E-state index in [9.17, 15) is 10.1 Å². The van der Waals surface area contributed by atoms with Crippen molar-refractivity contribution in [2.75, 3.05) is 37.4 Å². The van der Waals surface area contributed by atoms with Crippen LogP contribution in [-0.2, 0) is 4.74 Å². The molecule has 2 N–H and O–H groups in total. The maximum absolute atomic E-state index is 11.1. The van der Waals surface area contributed by atoms with E-state index < -0.39 is 4.92 Å². The second kappa shape index (κ2) is 5.22. The van der Waals surface area contributed by atoms with Crippen LogP contribution >= 0.6 is 0 Å². The minimum Gasteiger partial charge on any atom is -0.393 e. The molecule has 1 aliphatic heterocycles. The zero-order valence-electron chi connectivity index (χ0n) is 10.3. The van der Waals surface area contributed by atoms with E-state index in [4.69, 9.17) is 10.5 Å². The number of hydrogen-bond donors (Lipinski definition) is 1. The molecular weight excluding hydrogens is 234 g/mol. The maximum Gasteiger partial charge on any atom is 0.315 e. The zero-order chi connectivity index (χ0) is 13.1. The van der Waals surface area contributed by atoms with Crippen LogP contribution in [0.1, 0.15) is 6.42 Å². The highest BCUT2D eigenvalue weighted by Gasteiger charge is 2.28. The van der Waals surface area contributed by atoms with Crippen molar-refractivity contribution in [2.24, 2.45) is 5.92 Å². The van der Waals surface area contributed by atoms with Gasteiger partial charge in [-0.25, -0.2) is 0 Å². The molecule has 0 aliphatic carbocycles. The predicted molar refractivity (Wildman–Crippen MR) is 69.7 cm³/mol. The third-order valence-corrected chi connectivity index (χ3v) is 3.26. The van der Waals surface area contributed by atoms with Gasteiger partial charge in [-0.2, -0.15) is 0 Å². The number of nitro groups is 1. The molecule has 1 aromatic rings. The molecule has 0 amide bonds. The molecule has 6 nitrogen and oxygen atoms in total. The highest BCUT2D eigenvalue weighted by Crippen LogP contribution is 2.36. The third-order valence-electron chi connectivity index (χ3n) is 3.26. The molecule has 2 rings (SSSR count). The lowest BCUT2D eigenvalue weighted by molar-refractivity contribution is -0.383. The molecule has 0 bridgehead atoms. The summed E-state index contributed by atoms with van der Waals surface area (Å²) in [6.45, 7) is 2.27. The monoisotopic (exact) mass is 251 g/mol. The molecule has 0 aromatic heterocycles. The number of ether oxygens (including phenoxy) is 1. The molecule has 1 fully saturated rings. The van der Waals surface area contributed by atoms with Crippen molar-refractivity contribution < 1.29 is 9.66 Å². The Labute approximate surface area is 105 Å². The Kier molecular flexibility index (Phi) is 3.66. The van der Waals surface area contributed by atoms with Crippen molar-refractivity contribution in [3.8, 4) is 0 Å². The summed E-state index contributed by atoms with van der Waals surface area (Å²) >= 11 is 0. The molecule has 1 aliphatic rings. The summed E-state index contributed by atoms with van der Waals surface area (Å²) in [7, 11) is 1.67. The van der Waals surface area contributed by atoms with Crippen molar-refractivity contribution in [2.45, 2.75) is 6.42 Å². The van der Waals surface area contributed by atoms with Gasteiger partial charge in [0.2, 0.25) is 0 Å². The highest BCUT2D eigenvalue weighted by molar-refractivity contribution is 5.75. The van der Waals surface area contributed by atoms with E-state index in [1.54, 1.807) is 25.3 Å². The minimum atomic E-state index is -0.408. The maximum atomic E-state index is 11.1. The van der Waals surface area contributed by atoms with Gasteiger partial charge in [0.15, 0.2) is 0 Å². The first-order valence-corrected chi connectivity index (χ1v) is 5.90. The first-order valence-electron chi connectivity index (χ1n) is 5.90. The van der Waals surface area contributed by atoms with Crippen LogP contribution in [0.5, 0.6) is 0 Å². The van der Waals surface area contributed by atoms with E-state index >= 15 is 0 Å². The van der Waals surface area contributed by atoms with Crippen molar-refractivity contribution in [3.05, 3.63) is 28.3 Å². The Hall–Kier alpha value is -1.82. The third kappa shape index (κ3) is 2.38. The first kappa shape index (κ1) is 12.6. The van der Waals surface area contributed by atoms with Gasteiger partial charge < -0.3 is 15.4 Å². The van der Waals surface area contributed by atoms with E-state index in [1.165, 1.54) is 0 Å². The Balaban J connectivity index is 2.24. The lowest BCUT2D eigenvalue weighted by atomic mass is 10.1. The fraction of sp³-hybridized carbons (Fsp3) is 0.500. The lowest BCUT2D eigenvalue weighted by Crippen LogP contribution is -2.22. The van der Waals surface area contributed by atoms with Gasteiger partial charge in [-0.3, -0.25) is 10.1 Å². The number of hydrogen-bond acceptors (Lipinski definition) is 5. The van der Waals surface area contributed by atoms with E-state index in [2.05, 4.69) is 0 Å². The summed E-state index contributed by atoms with van der Waals surface area (Å²) in [5, 5.41) is 11.1. The standard InChI is InChI=1S/C12H17N3O3/c1-18-8-9-5-6-14(7-9)11-4-2-3-10(13)12(11)15(16)17/h2-4,9H,5-8,13H2,1H3. The molecule has 1 atom stereocenters. The fourth-order valence-electron chi connectivity index (χ4n) is 2.43. The number of anilines is 2. The van der Waals surface area contributed by atoms with Crippen molar-refractivity contribution in [3.63, 3.8) is 0 Å². The van der Waals surface area contributed by atoms with Gasteiger partial charge in [0, 0.05) is 26.1 Å². The van der Waals surface area contributed by atoms with Crippen LogP contribution in [0, 0.1) is 16.0 Å². The molecule has 0 radical (unpaired) electrons. The summed E-state index contributed by atoms with van der Waals surface area (Å²) in [4.78, 5) is 12.7. The molecule has 0 spiro atoms. The van der Waals surface area contributed by atoms with E-state index in [0.29, 0.717) is 18.2 Å². The fourth-order valence-corrected chi connectivity index (χ4v) is 2.43. The number of methoxy groups -OCH3 is 1. The first-order chi connectivity index (χ1) is 8.63. The van der Waals surface area contributed by atoms with Gasteiger partial charge in [0.05, 0.1) is 11.5 Å². The number of nitrogens with two attached hydrogens (primary N) is 1. The topological polar surface area (TPSA) is 81.6 Å². The van der Waals surface area contributed by atoms with E-state index in [1.807, 2.05) is 4.90 Å². The second-order valence-corrected chi connectivity index (χ2v) is 4.53. The predicted octanol–water partition coefficient (Wildman–Crippen LogP) is 1.65. The molecule has 18 heavy (non-hydrogen) atoms. The SMILES string of the molecule is COCC1CCN(c2cccc(N)c2[N+](=O)[O-])C1. The summed E-state index contributed by atoms with van der Waals surface area (Å²) in [5.74, 6) is 0.427. The molecule has 1 unspecified atom stereocenters. The van der Waals surface area contributed by atoms with Crippen LogP contribution in [0.25, 0.3) is 0 Å². The van der Waals surface area contributed by atoms with Gasteiger partial charge in [-0.1, -0.05) is 6.07 Å². The molecule has 6 heteroatoms. The van der Waals surface area contributed by atoms with Crippen LogP contribution in [0.3, 0.4) is 0 Å². The van der Waals surface area contributed by atoms with E-state index in [-0.39, 0.29) is 11.4 Å². The van der Waals surface area contributed by atoms with Crippen molar-refractivity contribution in [1.29, 1.82) is 0 Å². The summed E-state index contributed by atoms with van der Waals surface area (Å²) in [6, 6.07) is 5.06. The largest absolute Gasteiger partial charge is 0.393 e. The molecule has 1 saturated heterocycles. The van der Waals surface area contributed by atoms with Crippen LogP contribution < -0.4 is 10.6 Å². The smallest absolute Gasteiger partial charge is 0.315 e. The Morgan fingerprint density at radius 1 is 1.61 bits per heavy atom. The van der Waals surface area contributed by atoms with Gasteiger partial charge in [0.25, 0.3) is 0 Å². The lowest BCUT2D eigenvalue weighted by Gasteiger charge is -2.19. The summed E-state index contributed by atoms with van der Waals surface area (Å²) < 4.78 is 5.13. The minimum absolute atomic E-state index is 0.00978. The average Bonchev–Trinajstić information content (AvgIpc) is 2.77. The zero-order valence-corrected chi connectivity index (χ0v) is 10.3. The number of nitro benzene ring substituents is 1. The quantitative estimate of drug-likeness (QED) is 0.500. The van der Waals surface area contributed by atoms with Crippen molar-refractivity contribution >= 4 is 17.1 Å². The number of nitrogen functional groups attached to an aromatic ring is 1. The van der Waals surface area contributed by atoms with Crippen LogP contribution in [-0.4, -0.2) is 31.7 Å².